The standard InChI is InChI=1S/C9H6F3IN2O2/c1-16-8-6(2-3-14)15-4-5(13)7(8)17-9(10,11)12/h4H,2H2,1H3. The fourth-order valence-corrected chi connectivity index (χ4v) is 1.61. The topological polar surface area (TPSA) is 55.1 Å². The smallest absolute Gasteiger partial charge is 0.491 e. The largest absolute Gasteiger partial charge is 0.573 e. The molecule has 0 unspecified atom stereocenters. The summed E-state index contributed by atoms with van der Waals surface area (Å²) in [5, 5.41) is 8.52. The van der Waals surface area contributed by atoms with Gasteiger partial charge in [-0.25, -0.2) is 0 Å². The molecule has 0 aromatic carbocycles. The van der Waals surface area contributed by atoms with Crippen molar-refractivity contribution in [2.24, 2.45) is 0 Å². The Morgan fingerprint density at radius 2 is 2.12 bits per heavy atom. The number of ether oxygens (including phenoxy) is 2. The van der Waals surface area contributed by atoms with Crippen LogP contribution in [0.3, 0.4) is 0 Å². The summed E-state index contributed by atoms with van der Waals surface area (Å²) >= 11 is 1.64. The van der Waals surface area contributed by atoms with Crippen LogP contribution in [-0.2, 0) is 6.42 Å². The summed E-state index contributed by atoms with van der Waals surface area (Å²) in [4.78, 5) is 3.83. The summed E-state index contributed by atoms with van der Waals surface area (Å²) in [6, 6.07) is 1.79. The minimum atomic E-state index is -4.82. The van der Waals surface area contributed by atoms with Crippen LogP contribution in [0, 0.1) is 14.9 Å². The minimum absolute atomic E-state index is 0.106. The van der Waals surface area contributed by atoms with E-state index in [4.69, 9.17) is 10.00 Å². The number of nitrogens with zero attached hydrogens (tertiary/aromatic N) is 2. The lowest BCUT2D eigenvalue weighted by molar-refractivity contribution is -0.275. The first-order valence-electron chi connectivity index (χ1n) is 4.23. The van der Waals surface area contributed by atoms with Gasteiger partial charge >= 0.3 is 6.36 Å². The molecule has 0 aliphatic heterocycles. The van der Waals surface area contributed by atoms with Gasteiger partial charge in [-0.1, -0.05) is 0 Å². The van der Waals surface area contributed by atoms with Gasteiger partial charge in [-0.3, -0.25) is 4.98 Å². The summed E-state index contributed by atoms with van der Waals surface area (Å²) in [5.41, 5.74) is 0.106. The minimum Gasteiger partial charge on any atom is -0.491 e. The summed E-state index contributed by atoms with van der Waals surface area (Å²) < 4.78 is 45.4. The Balaban J connectivity index is 3.26. The SMILES string of the molecule is COc1c(CC#N)ncc(I)c1OC(F)(F)F. The van der Waals surface area contributed by atoms with Gasteiger partial charge in [0, 0.05) is 6.20 Å². The fourth-order valence-electron chi connectivity index (χ4n) is 1.11. The second-order valence-corrected chi connectivity index (χ2v) is 3.96. The first kappa shape index (κ1) is 13.8. The number of rotatable bonds is 3. The van der Waals surface area contributed by atoms with E-state index in [1.807, 2.05) is 0 Å². The van der Waals surface area contributed by atoms with Crippen LogP contribution in [0.1, 0.15) is 5.69 Å². The van der Waals surface area contributed by atoms with E-state index in [2.05, 4.69) is 9.72 Å². The molecule has 0 saturated heterocycles. The molecule has 0 saturated carbocycles. The van der Waals surface area contributed by atoms with Crippen molar-refractivity contribution in [3.05, 3.63) is 15.5 Å². The highest BCUT2D eigenvalue weighted by Gasteiger charge is 2.34. The quantitative estimate of drug-likeness (QED) is 0.780. The van der Waals surface area contributed by atoms with Crippen LogP contribution in [-0.4, -0.2) is 18.5 Å². The van der Waals surface area contributed by atoms with Crippen molar-refractivity contribution in [1.29, 1.82) is 5.26 Å². The number of hydrogen-bond donors (Lipinski definition) is 0. The van der Waals surface area contributed by atoms with E-state index in [0.29, 0.717) is 0 Å². The van der Waals surface area contributed by atoms with Gasteiger partial charge in [0.05, 0.1) is 23.2 Å². The zero-order chi connectivity index (χ0) is 13.1. The molecule has 92 valence electrons. The van der Waals surface area contributed by atoms with Crippen LogP contribution in [0.2, 0.25) is 0 Å². The van der Waals surface area contributed by atoms with Crippen molar-refractivity contribution < 1.29 is 22.6 Å². The first-order chi connectivity index (χ1) is 7.89. The molecular formula is C9H6F3IN2O2. The number of hydrogen-bond acceptors (Lipinski definition) is 4. The van der Waals surface area contributed by atoms with E-state index in [0.717, 1.165) is 0 Å². The highest BCUT2D eigenvalue weighted by atomic mass is 127. The Bertz CT molecular complexity index is 457. The average molecular weight is 358 g/mol. The molecule has 1 aromatic rings. The maximum Gasteiger partial charge on any atom is 0.573 e. The predicted molar refractivity (Wildman–Crippen MR) is 59.5 cm³/mol. The van der Waals surface area contributed by atoms with Crippen molar-refractivity contribution in [2.75, 3.05) is 7.11 Å². The van der Waals surface area contributed by atoms with E-state index in [-0.39, 0.29) is 21.4 Å². The molecule has 1 rings (SSSR count). The maximum absolute atomic E-state index is 12.2. The third-order valence-corrected chi connectivity index (χ3v) is 2.46. The van der Waals surface area contributed by atoms with Gasteiger partial charge in [-0.2, -0.15) is 5.26 Å². The molecule has 0 atom stereocenters. The maximum atomic E-state index is 12.2. The van der Waals surface area contributed by atoms with Crippen LogP contribution in [0.4, 0.5) is 13.2 Å². The van der Waals surface area contributed by atoms with E-state index < -0.39 is 12.1 Å². The van der Waals surface area contributed by atoms with Crippen LogP contribution < -0.4 is 9.47 Å². The van der Waals surface area contributed by atoms with Gasteiger partial charge in [0.2, 0.25) is 0 Å². The molecule has 0 radical (unpaired) electrons. The van der Waals surface area contributed by atoms with E-state index in [1.54, 1.807) is 28.7 Å². The van der Waals surface area contributed by atoms with Crippen molar-refractivity contribution in [1.82, 2.24) is 4.98 Å². The zero-order valence-corrected chi connectivity index (χ0v) is 10.7. The number of pyridine rings is 1. The lowest BCUT2D eigenvalue weighted by Crippen LogP contribution is -2.19. The number of halogens is 4. The highest BCUT2D eigenvalue weighted by molar-refractivity contribution is 14.1. The van der Waals surface area contributed by atoms with Gasteiger partial charge in [-0.05, 0) is 22.6 Å². The molecule has 1 heterocycles. The molecule has 0 fully saturated rings. The Kier molecular flexibility index (Phi) is 4.39. The third kappa shape index (κ3) is 3.62. The molecule has 0 spiro atoms. The van der Waals surface area contributed by atoms with Gasteiger partial charge in [-0.15, -0.1) is 13.2 Å². The summed E-state index contributed by atoms with van der Waals surface area (Å²) in [5.74, 6) is -0.642. The third-order valence-electron chi connectivity index (χ3n) is 1.69. The van der Waals surface area contributed by atoms with Gasteiger partial charge in [0.15, 0.2) is 11.5 Å². The van der Waals surface area contributed by atoms with Crippen LogP contribution in [0.15, 0.2) is 6.20 Å². The molecule has 0 aliphatic rings. The first-order valence-corrected chi connectivity index (χ1v) is 5.31. The molecule has 4 nitrogen and oxygen atoms in total. The Hall–Kier alpha value is -1.24. The summed E-state index contributed by atoms with van der Waals surface area (Å²) in [6.07, 6.45) is -3.79. The van der Waals surface area contributed by atoms with Gasteiger partial charge < -0.3 is 9.47 Å². The second kappa shape index (κ2) is 5.39. The van der Waals surface area contributed by atoms with Crippen molar-refractivity contribution in [3.8, 4) is 17.6 Å². The second-order valence-electron chi connectivity index (χ2n) is 2.80. The van der Waals surface area contributed by atoms with E-state index in [9.17, 15) is 13.2 Å². The summed E-state index contributed by atoms with van der Waals surface area (Å²) in [7, 11) is 1.19. The molecule has 0 bridgehead atoms. The fraction of sp³-hybridized carbons (Fsp3) is 0.333. The Morgan fingerprint density at radius 1 is 1.47 bits per heavy atom. The summed E-state index contributed by atoms with van der Waals surface area (Å²) in [6.45, 7) is 0. The molecule has 0 aliphatic carbocycles. The lowest BCUT2D eigenvalue weighted by atomic mass is 10.2. The molecule has 1 aromatic heterocycles. The number of nitriles is 1. The molecule has 17 heavy (non-hydrogen) atoms. The van der Waals surface area contributed by atoms with Crippen LogP contribution in [0.25, 0.3) is 0 Å². The zero-order valence-electron chi connectivity index (χ0n) is 8.51. The predicted octanol–water partition coefficient (Wildman–Crippen LogP) is 2.66. The Morgan fingerprint density at radius 3 is 2.59 bits per heavy atom. The van der Waals surface area contributed by atoms with Crippen LogP contribution >= 0.6 is 22.6 Å². The van der Waals surface area contributed by atoms with Gasteiger partial charge in [0.25, 0.3) is 0 Å². The van der Waals surface area contributed by atoms with E-state index in [1.165, 1.54) is 13.3 Å². The monoisotopic (exact) mass is 358 g/mol. The normalized spacial score (nSPS) is 10.8. The lowest BCUT2D eigenvalue weighted by Gasteiger charge is -2.15. The molecule has 0 N–H and O–H groups in total. The van der Waals surface area contributed by atoms with Crippen molar-refractivity contribution >= 4 is 22.6 Å². The van der Waals surface area contributed by atoms with Gasteiger partial charge in [0.1, 0.15) is 5.69 Å². The number of aromatic nitrogens is 1. The average Bonchev–Trinajstić information content (AvgIpc) is 2.22. The number of methoxy groups -OCH3 is 1. The van der Waals surface area contributed by atoms with Crippen molar-refractivity contribution in [3.63, 3.8) is 0 Å². The molecular weight excluding hydrogens is 352 g/mol. The van der Waals surface area contributed by atoms with E-state index >= 15 is 0 Å². The molecule has 8 heteroatoms. The number of alkyl halides is 3. The highest BCUT2D eigenvalue weighted by Crippen LogP contribution is 2.37. The Labute approximate surface area is 108 Å². The van der Waals surface area contributed by atoms with Crippen LogP contribution in [0.5, 0.6) is 11.5 Å². The van der Waals surface area contributed by atoms with Crippen molar-refractivity contribution in [2.45, 2.75) is 12.8 Å². The molecule has 0 amide bonds.